The lowest BCUT2D eigenvalue weighted by Crippen LogP contribution is -2.29. The number of ether oxygens (including phenoxy) is 1. The van der Waals surface area contributed by atoms with Gasteiger partial charge in [-0.2, -0.15) is 0 Å². The fraction of sp³-hybridized carbons (Fsp3) is 0.545. The van der Waals surface area contributed by atoms with E-state index >= 15 is 0 Å². The predicted octanol–water partition coefficient (Wildman–Crippen LogP) is 2.66. The third-order valence-electron chi connectivity index (χ3n) is 2.11. The van der Waals surface area contributed by atoms with E-state index < -0.39 is 0 Å². The summed E-state index contributed by atoms with van der Waals surface area (Å²) in [6.07, 6.45) is 0. The summed E-state index contributed by atoms with van der Waals surface area (Å²) in [5.41, 5.74) is 0. The van der Waals surface area contributed by atoms with Crippen LogP contribution in [0, 0.1) is 0 Å². The Labute approximate surface area is 109 Å². The molecule has 0 N–H and O–H groups in total. The van der Waals surface area contributed by atoms with Crippen LogP contribution >= 0.6 is 27.3 Å². The Morgan fingerprint density at radius 2 is 2.38 bits per heavy atom. The van der Waals surface area contributed by atoms with E-state index in [0.29, 0.717) is 13.2 Å². The Kier molecular flexibility index (Phi) is 6.20. The molecule has 0 bridgehead atoms. The van der Waals surface area contributed by atoms with Gasteiger partial charge in [-0.1, -0.05) is 0 Å². The zero-order valence-electron chi connectivity index (χ0n) is 9.53. The van der Waals surface area contributed by atoms with Crippen molar-refractivity contribution in [2.75, 3.05) is 33.4 Å². The van der Waals surface area contributed by atoms with Crippen LogP contribution in [0.1, 0.15) is 16.6 Å². The van der Waals surface area contributed by atoms with Crippen molar-refractivity contribution in [1.82, 2.24) is 4.90 Å². The molecule has 0 aliphatic rings. The maximum Gasteiger partial charge on any atom is 0.187 e. The molecule has 0 radical (unpaired) electrons. The number of thiophene rings is 1. The van der Waals surface area contributed by atoms with Gasteiger partial charge in [0.15, 0.2) is 5.78 Å². The largest absolute Gasteiger partial charge is 0.380 e. The van der Waals surface area contributed by atoms with Crippen molar-refractivity contribution in [3.05, 3.63) is 20.8 Å². The highest BCUT2D eigenvalue weighted by Gasteiger charge is 2.13. The van der Waals surface area contributed by atoms with Gasteiger partial charge in [-0.05, 0) is 41.3 Å². The second-order valence-corrected chi connectivity index (χ2v) is 5.23. The minimum Gasteiger partial charge on any atom is -0.380 e. The van der Waals surface area contributed by atoms with Gasteiger partial charge in [-0.15, -0.1) is 11.3 Å². The summed E-state index contributed by atoms with van der Waals surface area (Å²) in [5, 5.41) is 1.91. The average molecular weight is 306 g/mol. The van der Waals surface area contributed by atoms with Crippen LogP contribution in [0.5, 0.6) is 0 Å². The highest BCUT2D eigenvalue weighted by atomic mass is 79.9. The fourth-order valence-corrected chi connectivity index (χ4v) is 2.78. The molecule has 0 spiro atoms. The standard InChI is InChI=1S/C11H16BrNO2S/c1-3-15-6-5-13(2)8-10(14)11-9(12)4-7-16-11/h4,7H,3,5-6,8H2,1-2H3. The van der Waals surface area contributed by atoms with Crippen LogP contribution in [0.2, 0.25) is 0 Å². The van der Waals surface area contributed by atoms with Crippen LogP contribution in [0.25, 0.3) is 0 Å². The van der Waals surface area contributed by atoms with Crippen molar-refractivity contribution in [2.24, 2.45) is 0 Å². The van der Waals surface area contributed by atoms with Gasteiger partial charge >= 0.3 is 0 Å². The lowest BCUT2D eigenvalue weighted by Gasteiger charge is -2.14. The second-order valence-electron chi connectivity index (χ2n) is 3.46. The molecule has 0 saturated heterocycles. The number of rotatable bonds is 7. The maximum atomic E-state index is 11.9. The summed E-state index contributed by atoms with van der Waals surface area (Å²) >= 11 is 4.84. The number of hydrogen-bond donors (Lipinski definition) is 0. The molecule has 0 saturated carbocycles. The molecule has 90 valence electrons. The number of carbonyl (C=O) groups excluding carboxylic acids is 1. The average Bonchev–Trinajstić information content (AvgIpc) is 2.65. The van der Waals surface area contributed by atoms with Gasteiger partial charge in [0.25, 0.3) is 0 Å². The zero-order valence-corrected chi connectivity index (χ0v) is 11.9. The Balaban J connectivity index is 2.37. The summed E-state index contributed by atoms with van der Waals surface area (Å²) in [4.78, 5) is 14.6. The molecule has 1 rings (SSSR count). The Hall–Kier alpha value is -0.230. The molecule has 3 nitrogen and oxygen atoms in total. The van der Waals surface area contributed by atoms with Crippen molar-refractivity contribution in [2.45, 2.75) is 6.92 Å². The molecule has 1 aromatic rings. The number of carbonyl (C=O) groups is 1. The molecule has 1 heterocycles. The molecule has 0 amide bonds. The third kappa shape index (κ3) is 4.33. The molecular formula is C11H16BrNO2S. The summed E-state index contributed by atoms with van der Waals surface area (Å²) in [6.45, 7) is 4.58. The van der Waals surface area contributed by atoms with Crippen LogP contribution in [0.4, 0.5) is 0 Å². The molecule has 0 fully saturated rings. The monoisotopic (exact) mass is 305 g/mol. The fourth-order valence-electron chi connectivity index (χ4n) is 1.25. The first-order chi connectivity index (χ1) is 7.65. The molecule has 0 atom stereocenters. The van der Waals surface area contributed by atoms with E-state index in [9.17, 15) is 4.79 Å². The van der Waals surface area contributed by atoms with Gasteiger partial charge in [0.1, 0.15) is 0 Å². The first kappa shape index (κ1) is 13.8. The normalized spacial score (nSPS) is 11.0. The first-order valence-corrected chi connectivity index (χ1v) is 6.85. The Morgan fingerprint density at radius 3 is 2.94 bits per heavy atom. The van der Waals surface area contributed by atoms with E-state index in [1.807, 2.05) is 30.3 Å². The SMILES string of the molecule is CCOCCN(C)CC(=O)c1sccc1Br. The second kappa shape index (κ2) is 7.17. The van der Waals surface area contributed by atoms with E-state index in [1.54, 1.807) is 0 Å². The van der Waals surface area contributed by atoms with Crippen molar-refractivity contribution >= 4 is 33.0 Å². The van der Waals surface area contributed by atoms with Crippen LogP contribution in [-0.2, 0) is 4.74 Å². The lowest BCUT2D eigenvalue weighted by molar-refractivity contribution is 0.0900. The van der Waals surface area contributed by atoms with Crippen LogP contribution in [-0.4, -0.2) is 44.0 Å². The van der Waals surface area contributed by atoms with Crippen LogP contribution in [0.3, 0.4) is 0 Å². The van der Waals surface area contributed by atoms with E-state index in [4.69, 9.17) is 4.74 Å². The van der Waals surface area contributed by atoms with E-state index in [-0.39, 0.29) is 5.78 Å². The smallest absolute Gasteiger partial charge is 0.187 e. The lowest BCUT2D eigenvalue weighted by atomic mass is 10.3. The number of hydrogen-bond acceptors (Lipinski definition) is 4. The molecule has 0 aliphatic heterocycles. The Bertz CT molecular complexity index is 340. The maximum absolute atomic E-state index is 11.9. The highest BCUT2D eigenvalue weighted by Crippen LogP contribution is 2.23. The van der Waals surface area contributed by atoms with Gasteiger partial charge in [0.2, 0.25) is 0 Å². The van der Waals surface area contributed by atoms with E-state index in [0.717, 1.165) is 22.5 Å². The molecule has 0 aromatic carbocycles. The minimum atomic E-state index is 0.154. The molecule has 5 heteroatoms. The topological polar surface area (TPSA) is 29.5 Å². The van der Waals surface area contributed by atoms with Crippen LogP contribution in [0.15, 0.2) is 15.9 Å². The summed E-state index contributed by atoms with van der Waals surface area (Å²) in [5.74, 6) is 0.154. The molecular weight excluding hydrogens is 290 g/mol. The molecule has 1 aromatic heterocycles. The van der Waals surface area contributed by atoms with Gasteiger partial charge < -0.3 is 4.74 Å². The minimum absolute atomic E-state index is 0.154. The molecule has 0 unspecified atom stereocenters. The van der Waals surface area contributed by atoms with E-state index in [2.05, 4.69) is 15.9 Å². The van der Waals surface area contributed by atoms with Gasteiger partial charge in [-0.25, -0.2) is 0 Å². The van der Waals surface area contributed by atoms with Gasteiger partial charge in [0, 0.05) is 17.6 Å². The van der Waals surface area contributed by atoms with E-state index in [1.165, 1.54) is 11.3 Å². The number of halogens is 1. The molecule has 0 aliphatic carbocycles. The number of likely N-dealkylation sites (N-methyl/N-ethyl adjacent to an activating group) is 1. The van der Waals surface area contributed by atoms with Crippen molar-refractivity contribution in [3.63, 3.8) is 0 Å². The quantitative estimate of drug-likeness (QED) is 0.573. The van der Waals surface area contributed by atoms with Gasteiger partial charge in [-0.3, -0.25) is 9.69 Å². The summed E-state index contributed by atoms with van der Waals surface area (Å²) in [6, 6.07) is 1.90. The van der Waals surface area contributed by atoms with Gasteiger partial charge in [0.05, 0.1) is 18.0 Å². The Morgan fingerprint density at radius 1 is 1.62 bits per heavy atom. The van der Waals surface area contributed by atoms with Crippen molar-refractivity contribution in [3.8, 4) is 0 Å². The molecule has 16 heavy (non-hydrogen) atoms. The van der Waals surface area contributed by atoms with Crippen LogP contribution < -0.4 is 0 Å². The first-order valence-electron chi connectivity index (χ1n) is 5.17. The zero-order chi connectivity index (χ0) is 12.0. The summed E-state index contributed by atoms with van der Waals surface area (Å²) < 4.78 is 6.13. The highest BCUT2D eigenvalue weighted by molar-refractivity contribution is 9.10. The predicted molar refractivity (Wildman–Crippen MR) is 70.3 cm³/mol. The number of Topliss-reactive ketones (excluding diaryl/α,β-unsaturated/α-hetero) is 1. The van der Waals surface area contributed by atoms with Crippen molar-refractivity contribution < 1.29 is 9.53 Å². The number of ketones is 1. The van der Waals surface area contributed by atoms with Crippen molar-refractivity contribution in [1.29, 1.82) is 0 Å². The third-order valence-corrected chi connectivity index (χ3v) is 3.98. The number of nitrogens with zero attached hydrogens (tertiary/aromatic N) is 1. The summed E-state index contributed by atoms with van der Waals surface area (Å²) in [7, 11) is 1.93.